The van der Waals surface area contributed by atoms with Crippen LogP contribution in [0.5, 0.6) is 5.75 Å². The van der Waals surface area contributed by atoms with Crippen molar-refractivity contribution in [3.63, 3.8) is 0 Å². The number of rotatable bonds is 5. The predicted octanol–water partition coefficient (Wildman–Crippen LogP) is 1.96. The van der Waals surface area contributed by atoms with Crippen molar-refractivity contribution in [1.82, 2.24) is 5.32 Å². The Kier molecular flexibility index (Phi) is 4.83. The number of ether oxygens (including phenoxy) is 1. The lowest BCUT2D eigenvalue weighted by atomic mass is 10.1. The van der Waals surface area contributed by atoms with Crippen LogP contribution in [0.2, 0.25) is 0 Å². The molecule has 2 amide bonds. The monoisotopic (exact) mass is 290 g/mol. The first-order valence-corrected chi connectivity index (χ1v) is 7.30. The molecule has 1 aliphatic rings. The van der Waals surface area contributed by atoms with Gasteiger partial charge in [-0.15, -0.1) is 0 Å². The van der Waals surface area contributed by atoms with Gasteiger partial charge in [0, 0.05) is 24.7 Å². The van der Waals surface area contributed by atoms with Crippen LogP contribution in [-0.2, 0) is 9.59 Å². The predicted molar refractivity (Wildman–Crippen MR) is 81.3 cm³/mol. The summed E-state index contributed by atoms with van der Waals surface area (Å²) in [5.41, 5.74) is 0.805. The van der Waals surface area contributed by atoms with Crippen LogP contribution in [0.15, 0.2) is 24.3 Å². The van der Waals surface area contributed by atoms with Crippen LogP contribution in [0.4, 0.5) is 5.69 Å². The molecule has 1 heterocycles. The third-order valence-electron chi connectivity index (χ3n) is 3.88. The highest BCUT2D eigenvalue weighted by atomic mass is 16.5. The van der Waals surface area contributed by atoms with E-state index in [2.05, 4.69) is 5.32 Å². The van der Waals surface area contributed by atoms with E-state index in [1.807, 2.05) is 38.1 Å². The molecule has 2 atom stereocenters. The maximum Gasteiger partial charge on any atom is 0.227 e. The van der Waals surface area contributed by atoms with Crippen molar-refractivity contribution in [3.8, 4) is 5.75 Å². The van der Waals surface area contributed by atoms with Gasteiger partial charge in [-0.05, 0) is 37.6 Å². The van der Waals surface area contributed by atoms with E-state index in [4.69, 9.17) is 4.74 Å². The minimum atomic E-state index is -0.270. The number of anilines is 1. The van der Waals surface area contributed by atoms with Crippen LogP contribution in [0.1, 0.15) is 26.7 Å². The molecule has 1 saturated heterocycles. The normalized spacial score (nSPS) is 19.5. The number of amides is 2. The first-order chi connectivity index (χ1) is 10.0. The Hall–Kier alpha value is -2.04. The number of nitrogens with zero attached hydrogens (tertiary/aromatic N) is 1. The Balaban J connectivity index is 2.03. The molecular weight excluding hydrogens is 268 g/mol. The Bertz CT molecular complexity index is 513. The SMILES string of the molecule is CC[C@@H](C)NC(=O)[C@H]1CC(=O)N(c2ccc(OC)cc2)C1. The number of carbonyl (C=O) groups excluding carboxylic acids is 2. The van der Waals surface area contributed by atoms with Crippen LogP contribution in [0.25, 0.3) is 0 Å². The molecule has 5 heteroatoms. The average Bonchev–Trinajstić information content (AvgIpc) is 2.89. The first kappa shape index (κ1) is 15.4. The molecule has 0 bridgehead atoms. The molecule has 1 aromatic rings. The molecule has 1 aliphatic heterocycles. The molecule has 1 aromatic carbocycles. The van der Waals surface area contributed by atoms with Crippen LogP contribution >= 0.6 is 0 Å². The van der Waals surface area contributed by atoms with E-state index in [1.54, 1.807) is 12.0 Å². The molecule has 1 N–H and O–H groups in total. The van der Waals surface area contributed by atoms with E-state index >= 15 is 0 Å². The van der Waals surface area contributed by atoms with Crippen LogP contribution < -0.4 is 15.0 Å². The number of hydrogen-bond donors (Lipinski definition) is 1. The zero-order valence-electron chi connectivity index (χ0n) is 12.8. The van der Waals surface area contributed by atoms with Crippen molar-refractivity contribution in [2.24, 2.45) is 5.92 Å². The van der Waals surface area contributed by atoms with Crippen LogP contribution in [-0.4, -0.2) is 31.5 Å². The van der Waals surface area contributed by atoms with Gasteiger partial charge in [0.05, 0.1) is 13.0 Å². The third-order valence-corrected chi connectivity index (χ3v) is 3.88. The fourth-order valence-corrected chi connectivity index (χ4v) is 2.36. The van der Waals surface area contributed by atoms with E-state index in [9.17, 15) is 9.59 Å². The van der Waals surface area contributed by atoms with Crippen molar-refractivity contribution in [2.75, 3.05) is 18.6 Å². The highest BCUT2D eigenvalue weighted by Crippen LogP contribution is 2.26. The topological polar surface area (TPSA) is 58.6 Å². The molecule has 2 rings (SSSR count). The Morgan fingerprint density at radius 3 is 2.67 bits per heavy atom. The zero-order valence-corrected chi connectivity index (χ0v) is 12.8. The Labute approximate surface area is 125 Å². The smallest absolute Gasteiger partial charge is 0.227 e. The second-order valence-corrected chi connectivity index (χ2v) is 5.42. The van der Waals surface area contributed by atoms with Crippen molar-refractivity contribution >= 4 is 17.5 Å². The molecular formula is C16H22N2O3. The van der Waals surface area contributed by atoms with E-state index < -0.39 is 0 Å². The minimum absolute atomic E-state index is 0.00975. The van der Waals surface area contributed by atoms with E-state index in [0.29, 0.717) is 6.54 Å². The van der Waals surface area contributed by atoms with Crippen molar-refractivity contribution in [1.29, 1.82) is 0 Å². The molecule has 1 fully saturated rings. The summed E-state index contributed by atoms with van der Waals surface area (Å²) < 4.78 is 5.11. The first-order valence-electron chi connectivity index (χ1n) is 7.30. The maximum absolute atomic E-state index is 12.1. The van der Waals surface area contributed by atoms with Gasteiger partial charge in [-0.3, -0.25) is 9.59 Å². The summed E-state index contributed by atoms with van der Waals surface area (Å²) in [6.07, 6.45) is 1.16. The van der Waals surface area contributed by atoms with Gasteiger partial charge in [0.15, 0.2) is 0 Å². The lowest BCUT2D eigenvalue weighted by Crippen LogP contribution is -2.38. The van der Waals surface area contributed by atoms with Gasteiger partial charge < -0.3 is 15.0 Å². The quantitative estimate of drug-likeness (QED) is 0.902. The zero-order chi connectivity index (χ0) is 15.4. The summed E-state index contributed by atoms with van der Waals surface area (Å²) in [4.78, 5) is 25.9. The van der Waals surface area contributed by atoms with Gasteiger partial charge in [-0.25, -0.2) is 0 Å². The molecule has 0 unspecified atom stereocenters. The average molecular weight is 290 g/mol. The number of carbonyl (C=O) groups is 2. The third kappa shape index (κ3) is 3.54. The summed E-state index contributed by atoms with van der Waals surface area (Å²) in [6.45, 7) is 4.43. The molecule has 5 nitrogen and oxygen atoms in total. The summed E-state index contributed by atoms with van der Waals surface area (Å²) >= 11 is 0. The second-order valence-electron chi connectivity index (χ2n) is 5.42. The number of benzene rings is 1. The van der Waals surface area contributed by atoms with Gasteiger partial charge >= 0.3 is 0 Å². The highest BCUT2D eigenvalue weighted by molar-refractivity contribution is 6.00. The summed E-state index contributed by atoms with van der Waals surface area (Å²) in [7, 11) is 1.60. The Morgan fingerprint density at radius 1 is 1.43 bits per heavy atom. The minimum Gasteiger partial charge on any atom is -0.497 e. The molecule has 0 aliphatic carbocycles. The van der Waals surface area contributed by atoms with E-state index in [1.165, 1.54) is 0 Å². The van der Waals surface area contributed by atoms with E-state index in [0.717, 1.165) is 17.9 Å². The van der Waals surface area contributed by atoms with Gasteiger partial charge in [0.2, 0.25) is 11.8 Å². The van der Waals surface area contributed by atoms with Crippen molar-refractivity contribution in [3.05, 3.63) is 24.3 Å². The molecule has 114 valence electrons. The molecule has 0 radical (unpaired) electrons. The van der Waals surface area contributed by atoms with Gasteiger partial charge in [-0.2, -0.15) is 0 Å². The number of nitrogens with one attached hydrogen (secondary N) is 1. The van der Waals surface area contributed by atoms with E-state index in [-0.39, 0.29) is 30.2 Å². The van der Waals surface area contributed by atoms with Gasteiger partial charge in [0.25, 0.3) is 0 Å². The maximum atomic E-state index is 12.1. The Morgan fingerprint density at radius 2 is 2.10 bits per heavy atom. The lowest BCUT2D eigenvalue weighted by molar-refractivity contribution is -0.126. The fourth-order valence-electron chi connectivity index (χ4n) is 2.36. The van der Waals surface area contributed by atoms with Crippen molar-refractivity contribution in [2.45, 2.75) is 32.7 Å². The van der Waals surface area contributed by atoms with Crippen molar-refractivity contribution < 1.29 is 14.3 Å². The summed E-state index contributed by atoms with van der Waals surface area (Å²) in [6, 6.07) is 7.45. The molecule has 0 saturated carbocycles. The lowest BCUT2D eigenvalue weighted by Gasteiger charge is -2.18. The number of hydrogen-bond acceptors (Lipinski definition) is 3. The standard InChI is InChI=1S/C16H22N2O3/c1-4-11(2)17-16(20)12-9-15(19)18(10-12)13-5-7-14(21-3)8-6-13/h5-8,11-12H,4,9-10H2,1-3H3,(H,17,20)/t11-,12+/m1/s1. The number of methoxy groups -OCH3 is 1. The highest BCUT2D eigenvalue weighted by Gasteiger charge is 2.35. The van der Waals surface area contributed by atoms with Gasteiger partial charge in [0.1, 0.15) is 5.75 Å². The molecule has 0 aromatic heterocycles. The largest absolute Gasteiger partial charge is 0.497 e. The second kappa shape index (κ2) is 6.61. The summed E-state index contributed by atoms with van der Waals surface area (Å²) in [5, 5.41) is 2.94. The summed E-state index contributed by atoms with van der Waals surface area (Å²) in [5.74, 6) is 0.434. The van der Waals surface area contributed by atoms with Crippen LogP contribution in [0, 0.1) is 5.92 Å². The van der Waals surface area contributed by atoms with Crippen LogP contribution in [0.3, 0.4) is 0 Å². The fraction of sp³-hybridized carbons (Fsp3) is 0.500. The molecule has 21 heavy (non-hydrogen) atoms. The van der Waals surface area contributed by atoms with Gasteiger partial charge in [-0.1, -0.05) is 6.92 Å². The molecule has 0 spiro atoms.